The number of alkyl halides is 2. The summed E-state index contributed by atoms with van der Waals surface area (Å²) in [6.07, 6.45) is 6.40. The highest BCUT2D eigenvalue weighted by Gasteiger charge is 2.19. The minimum Gasteiger partial charge on any atom is -0.298 e. The van der Waals surface area contributed by atoms with Gasteiger partial charge in [0, 0.05) is 24.4 Å². The van der Waals surface area contributed by atoms with Crippen molar-refractivity contribution in [2.75, 3.05) is 0 Å². The van der Waals surface area contributed by atoms with E-state index in [9.17, 15) is 8.78 Å². The maximum absolute atomic E-state index is 13.0. The molecule has 0 N–H and O–H groups in total. The molecule has 21 heavy (non-hydrogen) atoms. The van der Waals surface area contributed by atoms with Crippen LogP contribution >= 0.6 is 0 Å². The highest BCUT2D eigenvalue weighted by molar-refractivity contribution is 5.83. The van der Waals surface area contributed by atoms with E-state index in [0.717, 1.165) is 28.8 Å². The number of fused-ring (bicyclic) bond motifs is 2. The van der Waals surface area contributed by atoms with Crippen LogP contribution in [0.2, 0.25) is 0 Å². The second-order valence-corrected chi connectivity index (χ2v) is 4.83. The van der Waals surface area contributed by atoms with E-state index < -0.39 is 6.43 Å². The summed E-state index contributed by atoms with van der Waals surface area (Å²) in [5.41, 5.74) is 4.15. The van der Waals surface area contributed by atoms with Crippen molar-refractivity contribution in [3.8, 4) is 0 Å². The van der Waals surface area contributed by atoms with Crippen LogP contribution in [0.4, 0.5) is 8.78 Å². The standard InChI is InChI=1S/C15H10F2N4/c16-15(17)13-6-19-14-4-1-9(7-21(13)14)10-2-3-12-11(10)5-18-8-20-12/h1-2,4-8,15H,3H2. The van der Waals surface area contributed by atoms with Crippen LogP contribution in [0.25, 0.3) is 11.2 Å². The average molecular weight is 284 g/mol. The zero-order chi connectivity index (χ0) is 14.4. The Morgan fingerprint density at radius 1 is 1.14 bits per heavy atom. The first kappa shape index (κ1) is 12.1. The van der Waals surface area contributed by atoms with Gasteiger partial charge in [-0.2, -0.15) is 0 Å². The summed E-state index contributed by atoms with van der Waals surface area (Å²) in [5, 5.41) is 0. The third kappa shape index (κ3) is 1.83. The molecule has 0 amide bonds. The van der Waals surface area contributed by atoms with Crippen molar-refractivity contribution < 1.29 is 8.78 Å². The van der Waals surface area contributed by atoms with Gasteiger partial charge in [-0.25, -0.2) is 23.7 Å². The zero-order valence-electron chi connectivity index (χ0n) is 10.9. The number of halogens is 2. The second-order valence-electron chi connectivity index (χ2n) is 4.83. The first-order chi connectivity index (χ1) is 10.2. The normalized spacial score (nSPS) is 13.8. The molecule has 0 atom stereocenters. The lowest BCUT2D eigenvalue weighted by atomic mass is 10.0. The molecule has 1 aliphatic carbocycles. The molecular formula is C15H10F2N4. The SMILES string of the molecule is FC(F)c1cnc2ccc(C3=CCc4ncncc43)cn12. The number of imidazole rings is 1. The summed E-state index contributed by atoms with van der Waals surface area (Å²) in [6.45, 7) is 0. The van der Waals surface area contributed by atoms with Crippen molar-refractivity contribution in [2.24, 2.45) is 0 Å². The van der Waals surface area contributed by atoms with E-state index in [0.29, 0.717) is 5.65 Å². The molecule has 0 bridgehead atoms. The van der Waals surface area contributed by atoms with Gasteiger partial charge in [-0.1, -0.05) is 6.08 Å². The number of hydrogen-bond donors (Lipinski definition) is 0. The molecule has 0 fully saturated rings. The van der Waals surface area contributed by atoms with Gasteiger partial charge in [0.05, 0.1) is 11.9 Å². The Hall–Kier alpha value is -2.63. The fourth-order valence-electron chi connectivity index (χ4n) is 2.64. The van der Waals surface area contributed by atoms with Gasteiger partial charge in [-0.15, -0.1) is 0 Å². The quantitative estimate of drug-likeness (QED) is 0.726. The van der Waals surface area contributed by atoms with E-state index in [-0.39, 0.29) is 5.69 Å². The molecule has 3 aromatic heterocycles. The van der Waals surface area contributed by atoms with Gasteiger partial charge in [0.15, 0.2) is 0 Å². The predicted molar refractivity (Wildman–Crippen MR) is 73.0 cm³/mol. The Morgan fingerprint density at radius 2 is 2.05 bits per heavy atom. The van der Waals surface area contributed by atoms with Gasteiger partial charge in [-0.3, -0.25) is 4.40 Å². The molecule has 0 saturated heterocycles. The van der Waals surface area contributed by atoms with E-state index in [1.165, 1.54) is 16.9 Å². The lowest BCUT2D eigenvalue weighted by Gasteiger charge is -2.07. The number of rotatable bonds is 2. The molecule has 0 aliphatic heterocycles. The molecule has 0 radical (unpaired) electrons. The van der Waals surface area contributed by atoms with Crippen LogP contribution in [-0.2, 0) is 6.42 Å². The lowest BCUT2D eigenvalue weighted by molar-refractivity contribution is 0.145. The molecule has 0 unspecified atom stereocenters. The molecule has 1 aliphatic rings. The van der Waals surface area contributed by atoms with Crippen molar-refractivity contribution in [1.82, 2.24) is 19.4 Å². The van der Waals surface area contributed by atoms with Gasteiger partial charge in [0.2, 0.25) is 0 Å². The summed E-state index contributed by atoms with van der Waals surface area (Å²) in [4.78, 5) is 12.3. The smallest absolute Gasteiger partial charge is 0.280 e. The van der Waals surface area contributed by atoms with Gasteiger partial charge in [0.1, 0.15) is 17.7 Å². The fraction of sp³-hybridized carbons (Fsp3) is 0.133. The van der Waals surface area contributed by atoms with Crippen molar-refractivity contribution in [3.05, 3.63) is 65.6 Å². The molecule has 4 nitrogen and oxygen atoms in total. The van der Waals surface area contributed by atoms with Crippen LogP contribution in [0, 0.1) is 0 Å². The summed E-state index contributed by atoms with van der Waals surface area (Å²) < 4.78 is 27.4. The van der Waals surface area contributed by atoms with Crippen molar-refractivity contribution in [3.63, 3.8) is 0 Å². The maximum Gasteiger partial charge on any atom is 0.280 e. The first-order valence-electron chi connectivity index (χ1n) is 6.49. The number of allylic oxidation sites excluding steroid dienone is 1. The summed E-state index contributed by atoms with van der Waals surface area (Å²) >= 11 is 0. The van der Waals surface area contributed by atoms with Crippen molar-refractivity contribution in [1.29, 1.82) is 0 Å². The topological polar surface area (TPSA) is 43.1 Å². The Bertz CT molecular complexity index is 867. The van der Waals surface area contributed by atoms with Gasteiger partial charge in [-0.05, 0) is 23.3 Å². The Balaban J connectivity index is 1.87. The van der Waals surface area contributed by atoms with Crippen LogP contribution in [0.1, 0.15) is 28.9 Å². The van der Waals surface area contributed by atoms with E-state index in [4.69, 9.17) is 0 Å². The van der Waals surface area contributed by atoms with Crippen LogP contribution in [0.3, 0.4) is 0 Å². The van der Waals surface area contributed by atoms with E-state index in [1.54, 1.807) is 18.5 Å². The predicted octanol–water partition coefficient (Wildman–Crippen LogP) is 3.05. The minimum absolute atomic E-state index is 0.102. The van der Waals surface area contributed by atoms with Crippen LogP contribution in [-0.4, -0.2) is 19.4 Å². The molecule has 0 aromatic carbocycles. The molecule has 6 heteroatoms. The van der Waals surface area contributed by atoms with Gasteiger partial charge in [0.25, 0.3) is 6.43 Å². The molecule has 4 rings (SSSR count). The molecule has 3 aromatic rings. The average Bonchev–Trinajstić information content (AvgIpc) is 3.10. The molecule has 0 spiro atoms. The highest BCUT2D eigenvalue weighted by atomic mass is 19.3. The second kappa shape index (κ2) is 4.44. The molecule has 104 valence electrons. The number of aromatic nitrogens is 4. The molecule has 0 saturated carbocycles. The minimum atomic E-state index is -2.55. The Labute approximate surface area is 118 Å². The van der Waals surface area contributed by atoms with Gasteiger partial charge < -0.3 is 0 Å². The lowest BCUT2D eigenvalue weighted by Crippen LogP contribution is -1.96. The third-order valence-electron chi connectivity index (χ3n) is 3.65. The monoisotopic (exact) mass is 284 g/mol. The number of hydrogen-bond acceptors (Lipinski definition) is 3. The highest BCUT2D eigenvalue weighted by Crippen LogP contribution is 2.31. The van der Waals surface area contributed by atoms with E-state index in [1.807, 2.05) is 12.1 Å². The van der Waals surface area contributed by atoms with Crippen molar-refractivity contribution in [2.45, 2.75) is 12.8 Å². The van der Waals surface area contributed by atoms with Crippen LogP contribution in [0.15, 0.2) is 43.1 Å². The zero-order valence-corrected chi connectivity index (χ0v) is 10.9. The molecular weight excluding hydrogens is 274 g/mol. The summed E-state index contributed by atoms with van der Waals surface area (Å²) in [5.74, 6) is 0. The summed E-state index contributed by atoms with van der Waals surface area (Å²) in [6, 6.07) is 3.62. The number of nitrogens with zero attached hydrogens (tertiary/aromatic N) is 4. The first-order valence-corrected chi connectivity index (χ1v) is 6.49. The number of pyridine rings is 1. The van der Waals surface area contributed by atoms with Crippen LogP contribution < -0.4 is 0 Å². The largest absolute Gasteiger partial charge is 0.298 e. The Kier molecular flexibility index (Phi) is 2.57. The third-order valence-corrected chi connectivity index (χ3v) is 3.65. The van der Waals surface area contributed by atoms with Gasteiger partial charge >= 0.3 is 0 Å². The van der Waals surface area contributed by atoms with E-state index in [2.05, 4.69) is 15.0 Å². The van der Waals surface area contributed by atoms with Crippen LogP contribution in [0.5, 0.6) is 0 Å². The maximum atomic E-state index is 13.0. The van der Waals surface area contributed by atoms with Crippen molar-refractivity contribution >= 4 is 11.2 Å². The Morgan fingerprint density at radius 3 is 2.90 bits per heavy atom. The fourth-order valence-corrected chi connectivity index (χ4v) is 2.64. The van der Waals surface area contributed by atoms with E-state index >= 15 is 0 Å². The molecule has 3 heterocycles. The summed E-state index contributed by atoms with van der Waals surface area (Å²) in [7, 11) is 0.